The van der Waals surface area contributed by atoms with Crippen LogP contribution in [0.3, 0.4) is 0 Å². The van der Waals surface area contributed by atoms with Crippen LogP contribution >= 0.6 is 34.9 Å². The molecule has 4 rings (SSSR count). The molecule has 0 saturated carbocycles. The summed E-state index contributed by atoms with van der Waals surface area (Å²) in [5.74, 6) is 1.91. The zero-order valence-corrected chi connectivity index (χ0v) is 17.7. The molecule has 7 heteroatoms. The van der Waals surface area contributed by atoms with E-state index in [4.69, 9.17) is 0 Å². The van der Waals surface area contributed by atoms with Crippen molar-refractivity contribution < 1.29 is 9.18 Å². The topological polar surface area (TPSA) is 42.0 Å². The van der Waals surface area contributed by atoms with Gasteiger partial charge in [-0.25, -0.2) is 9.37 Å². The average Bonchev–Trinajstić information content (AvgIpc) is 3.11. The molecule has 0 unspecified atom stereocenters. The highest BCUT2D eigenvalue weighted by Gasteiger charge is 2.19. The van der Waals surface area contributed by atoms with Crippen LogP contribution in [0.25, 0.3) is 10.6 Å². The molecule has 0 bridgehead atoms. The second-order valence-electron chi connectivity index (χ2n) is 6.45. The molecule has 0 atom stereocenters. The molecule has 2 aromatic carbocycles. The summed E-state index contributed by atoms with van der Waals surface area (Å²) in [6.07, 6.45) is 1.25. The number of hydrogen-bond donors (Lipinski definition) is 1. The number of halogens is 1. The minimum Gasteiger partial charge on any atom is -0.321 e. The molecule has 1 amide bonds. The second kappa shape index (κ2) is 8.68. The highest BCUT2D eigenvalue weighted by Crippen LogP contribution is 2.44. The molecule has 3 nitrogen and oxygen atoms in total. The molecule has 0 aliphatic carbocycles. The number of aryl methyl sites for hydroxylation is 1. The minimum atomic E-state index is -0.288. The third kappa shape index (κ3) is 4.42. The minimum absolute atomic E-state index is 0.163. The quantitative estimate of drug-likeness (QED) is 0.521. The van der Waals surface area contributed by atoms with Crippen LogP contribution in [0.4, 0.5) is 10.1 Å². The number of aromatic nitrogens is 1. The van der Waals surface area contributed by atoms with Gasteiger partial charge in [-0.15, -0.1) is 34.9 Å². The van der Waals surface area contributed by atoms with Gasteiger partial charge in [-0.3, -0.25) is 4.79 Å². The van der Waals surface area contributed by atoms with Crippen molar-refractivity contribution in [2.75, 3.05) is 16.8 Å². The molecule has 28 heavy (non-hydrogen) atoms. The van der Waals surface area contributed by atoms with E-state index < -0.39 is 0 Å². The van der Waals surface area contributed by atoms with E-state index in [-0.39, 0.29) is 11.7 Å². The zero-order valence-electron chi connectivity index (χ0n) is 15.3. The first-order valence-electron chi connectivity index (χ1n) is 8.98. The number of anilines is 1. The summed E-state index contributed by atoms with van der Waals surface area (Å²) in [6, 6.07) is 14.2. The second-order valence-corrected chi connectivity index (χ2v) is 10.2. The lowest BCUT2D eigenvalue weighted by atomic mass is 10.2. The zero-order chi connectivity index (χ0) is 19.5. The molecular formula is C21H19FN2OS3. The Bertz CT molecular complexity index is 982. The molecular weight excluding hydrogens is 411 g/mol. The Balaban J connectivity index is 1.52. The van der Waals surface area contributed by atoms with E-state index in [2.05, 4.69) is 22.4 Å². The van der Waals surface area contributed by atoms with Gasteiger partial charge in [-0.2, -0.15) is 0 Å². The van der Waals surface area contributed by atoms with Crippen molar-refractivity contribution in [3.63, 3.8) is 0 Å². The number of nitrogens with one attached hydrogen (secondary N) is 1. The molecule has 144 valence electrons. The summed E-state index contributed by atoms with van der Waals surface area (Å²) in [5.41, 5.74) is 3.52. The third-order valence-electron chi connectivity index (χ3n) is 4.34. The van der Waals surface area contributed by atoms with Crippen LogP contribution in [0.1, 0.15) is 31.9 Å². The number of thiazole rings is 1. The number of hydrogen-bond acceptors (Lipinski definition) is 5. The first-order valence-corrected chi connectivity index (χ1v) is 11.9. The van der Waals surface area contributed by atoms with E-state index in [0.29, 0.717) is 20.2 Å². The van der Waals surface area contributed by atoms with E-state index in [0.717, 1.165) is 11.3 Å². The van der Waals surface area contributed by atoms with Crippen LogP contribution in [0, 0.1) is 12.7 Å². The van der Waals surface area contributed by atoms with Gasteiger partial charge < -0.3 is 5.32 Å². The molecule has 0 radical (unpaired) electrons. The van der Waals surface area contributed by atoms with E-state index >= 15 is 0 Å². The Kier molecular flexibility index (Phi) is 6.04. The normalized spacial score (nSPS) is 14.8. The van der Waals surface area contributed by atoms with Gasteiger partial charge in [0.15, 0.2) is 0 Å². The largest absolute Gasteiger partial charge is 0.321 e. The van der Waals surface area contributed by atoms with Crippen LogP contribution in [-0.4, -0.2) is 22.4 Å². The summed E-state index contributed by atoms with van der Waals surface area (Å²) in [6.45, 7) is 1.82. The summed E-state index contributed by atoms with van der Waals surface area (Å²) >= 11 is 5.24. The number of carbonyl (C=O) groups excluding carboxylic acids is 1. The van der Waals surface area contributed by atoms with Crippen molar-refractivity contribution in [3.05, 3.63) is 70.5 Å². The van der Waals surface area contributed by atoms with Crippen molar-refractivity contribution in [2.24, 2.45) is 0 Å². The van der Waals surface area contributed by atoms with Gasteiger partial charge in [0.2, 0.25) is 0 Å². The molecule has 0 spiro atoms. The van der Waals surface area contributed by atoms with Crippen molar-refractivity contribution >= 4 is 46.5 Å². The Morgan fingerprint density at radius 1 is 1.14 bits per heavy atom. The van der Waals surface area contributed by atoms with Crippen LogP contribution in [0.15, 0.2) is 48.5 Å². The summed E-state index contributed by atoms with van der Waals surface area (Å²) in [5, 5.41) is 3.72. The van der Waals surface area contributed by atoms with Crippen molar-refractivity contribution in [1.29, 1.82) is 0 Å². The Labute approximate surface area is 176 Å². The fourth-order valence-corrected chi connectivity index (χ4v) is 6.79. The maximum atomic E-state index is 13.1. The lowest BCUT2D eigenvalue weighted by Gasteiger charge is -2.21. The van der Waals surface area contributed by atoms with Gasteiger partial charge in [0.25, 0.3) is 5.91 Å². The number of rotatable bonds is 4. The highest BCUT2D eigenvalue weighted by atomic mass is 32.2. The summed E-state index contributed by atoms with van der Waals surface area (Å²) in [7, 11) is 0. The number of carbonyl (C=O) groups is 1. The van der Waals surface area contributed by atoms with Gasteiger partial charge >= 0.3 is 0 Å². The van der Waals surface area contributed by atoms with Crippen LogP contribution in [-0.2, 0) is 0 Å². The molecule has 1 aliphatic rings. The van der Waals surface area contributed by atoms with Gasteiger partial charge in [0.1, 0.15) is 15.7 Å². The molecule has 3 aromatic rings. The first-order chi connectivity index (χ1) is 13.6. The summed E-state index contributed by atoms with van der Waals surface area (Å²) in [4.78, 5) is 17.9. The van der Waals surface area contributed by atoms with Crippen LogP contribution in [0.2, 0.25) is 0 Å². The van der Waals surface area contributed by atoms with Crippen molar-refractivity contribution in [3.8, 4) is 10.6 Å². The van der Waals surface area contributed by atoms with Gasteiger partial charge in [0.05, 0.1) is 10.3 Å². The lowest BCUT2D eigenvalue weighted by molar-refractivity contribution is 0.103. The predicted molar refractivity (Wildman–Crippen MR) is 119 cm³/mol. The smallest absolute Gasteiger partial charge is 0.267 e. The summed E-state index contributed by atoms with van der Waals surface area (Å²) < 4.78 is 13.6. The van der Waals surface area contributed by atoms with Gasteiger partial charge in [-0.1, -0.05) is 12.1 Å². The number of amides is 1. The van der Waals surface area contributed by atoms with Gasteiger partial charge in [-0.05, 0) is 66.8 Å². The Morgan fingerprint density at radius 2 is 1.89 bits per heavy atom. The highest BCUT2D eigenvalue weighted by molar-refractivity contribution is 8.16. The van der Waals surface area contributed by atoms with Gasteiger partial charge in [0, 0.05) is 11.3 Å². The maximum absolute atomic E-state index is 13.1. The number of nitrogens with zero attached hydrogens (tertiary/aromatic N) is 1. The Morgan fingerprint density at radius 3 is 2.64 bits per heavy atom. The fourth-order valence-electron chi connectivity index (χ4n) is 2.95. The maximum Gasteiger partial charge on any atom is 0.267 e. The molecule has 1 aromatic heterocycles. The van der Waals surface area contributed by atoms with Crippen molar-refractivity contribution in [1.82, 2.24) is 4.98 Å². The Hall–Kier alpha value is -1.83. The van der Waals surface area contributed by atoms with E-state index in [1.54, 1.807) is 12.1 Å². The number of thioether (sulfide) groups is 2. The molecule has 2 heterocycles. The average molecular weight is 431 g/mol. The van der Waals surface area contributed by atoms with Crippen LogP contribution < -0.4 is 5.32 Å². The SMILES string of the molecule is Cc1nc(-c2ccc(F)cc2)sc1C(=O)Nc1cccc(C2SCCCS2)c1. The van der Waals surface area contributed by atoms with E-state index in [1.807, 2.05) is 42.6 Å². The lowest BCUT2D eigenvalue weighted by Crippen LogP contribution is -2.12. The molecule has 1 fully saturated rings. The predicted octanol–water partition coefficient (Wildman–Crippen LogP) is 6.38. The fraction of sp³-hybridized carbons (Fsp3) is 0.238. The molecule has 1 N–H and O–H groups in total. The molecule has 1 aliphatic heterocycles. The van der Waals surface area contributed by atoms with Crippen molar-refractivity contribution in [2.45, 2.75) is 17.9 Å². The standard InChI is InChI=1S/C21H19FN2OS3/c1-13-18(28-20(23-13)14-6-8-16(22)9-7-14)19(25)24-17-5-2-4-15(12-17)21-26-10-3-11-27-21/h2,4-9,12,21H,3,10-11H2,1H3,(H,24,25). The van der Waals surface area contributed by atoms with E-state index in [1.165, 1.54) is 47.0 Å². The van der Waals surface area contributed by atoms with Crippen LogP contribution in [0.5, 0.6) is 0 Å². The van der Waals surface area contributed by atoms with E-state index in [9.17, 15) is 9.18 Å². The number of benzene rings is 2. The third-order valence-corrected chi connectivity index (χ3v) is 8.56. The first kappa shape index (κ1) is 19.5. The monoisotopic (exact) mass is 430 g/mol. The molecule has 1 saturated heterocycles.